The highest BCUT2D eigenvalue weighted by Gasteiger charge is 2.24. The normalized spacial score (nSPS) is 10.5. The lowest BCUT2D eigenvalue weighted by Crippen LogP contribution is -1.99. The van der Waals surface area contributed by atoms with Gasteiger partial charge in [-0.1, -0.05) is 0 Å². The minimum absolute atomic E-state index is 0.0565. The molecule has 0 atom stereocenters. The summed E-state index contributed by atoms with van der Waals surface area (Å²) in [4.78, 5) is 20.2. The average Bonchev–Trinajstić information content (AvgIpc) is 2.84. The maximum Gasteiger partial charge on any atom is 0.306 e. The third-order valence-electron chi connectivity index (χ3n) is 2.61. The van der Waals surface area contributed by atoms with E-state index in [0.717, 1.165) is 13.0 Å². The van der Waals surface area contributed by atoms with Gasteiger partial charge < -0.3 is 4.42 Å². The van der Waals surface area contributed by atoms with E-state index in [4.69, 9.17) is 4.42 Å². The molecule has 0 aliphatic carbocycles. The number of benzene rings is 1. The van der Waals surface area contributed by atoms with Crippen LogP contribution in [-0.4, -0.2) is 11.2 Å². The van der Waals surface area contributed by atoms with Crippen LogP contribution in [0.5, 0.6) is 0 Å². The molecule has 2 rings (SSSR count). The summed E-state index contributed by atoms with van der Waals surface area (Å²) in [5.74, 6) is -2.33. The van der Waals surface area contributed by atoms with Crippen molar-refractivity contribution in [3.63, 3.8) is 0 Å². The lowest BCUT2D eigenvalue weighted by molar-refractivity contribution is -0.387. The highest BCUT2D eigenvalue weighted by atomic mass is 19.1. The molecule has 1 heterocycles. The van der Waals surface area contributed by atoms with Crippen molar-refractivity contribution < 1.29 is 22.9 Å². The smallest absolute Gasteiger partial charge is 0.306 e. The topological polar surface area (TPSA) is 73.3 Å². The van der Waals surface area contributed by atoms with Crippen molar-refractivity contribution >= 4 is 12.0 Å². The zero-order valence-electron chi connectivity index (χ0n) is 9.65. The van der Waals surface area contributed by atoms with Crippen LogP contribution in [-0.2, 0) is 0 Å². The Kier molecular flexibility index (Phi) is 3.12. The molecule has 5 nitrogen and oxygen atoms in total. The Hall–Kier alpha value is -2.57. The van der Waals surface area contributed by atoms with Gasteiger partial charge in [0.1, 0.15) is 11.6 Å². The summed E-state index contributed by atoms with van der Waals surface area (Å²) in [7, 11) is 0. The number of carbonyl (C=O) groups excluding carboxylic acids is 1. The second kappa shape index (κ2) is 4.60. The van der Waals surface area contributed by atoms with Crippen LogP contribution >= 0.6 is 0 Å². The first-order chi connectivity index (χ1) is 8.95. The second-order valence-corrected chi connectivity index (χ2v) is 3.77. The molecule has 0 aliphatic heterocycles. The van der Waals surface area contributed by atoms with E-state index in [0.29, 0.717) is 6.29 Å². The highest BCUT2D eigenvalue weighted by Crippen LogP contribution is 2.33. The molecule has 0 aliphatic rings. The number of carbonyl (C=O) groups is 1. The summed E-state index contributed by atoms with van der Waals surface area (Å²) in [5, 5.41) is 10.7. The molecule has 0 N–H and O–H groups in total. The Morgan fingerprint density at radius 1 is 1.32 bits per heavy atom. The van der Waals surface area contributed by atoms with E-state index in [9.17, 15) is 23.7 Å². The van der Waals surface area contributed by atoms with E-state index in [1.165, 1.54) is 12.1 Å². The number of nitro groups is 1. The van der Waals surface area contributed by atoms with Crippen molar-refractivity contribution in [3.8, 4) is 11.3 Å². The fourth-order valence-electron chi connectivity index (χ4n) is 1.63. The minimum Gasteiger partial charge on any atom is -0.453 e. The third-order valence-corrected chi connectivity index (χ3v) is 2.61. The van der Waals surface area contributed by atoms with E-state index < -0.39 is 27.8 Å². The molecule has 0 radical (unpaired) electrons. The highest BCUT2D eigenvalue weighted by molar-refractivity contribution is 5.73. The van der Waals surface area contributed by atoms with Gasteiger partial charge in [-0.2, -0.15) is 4.39 Å². The van der Waals surface area contributed by atoms with Crippen molar-refractivity contribution in [2.75, 3.05) is 0 Å². The Bertz CT molecular complexity index is 679. The molecule has 0 saturated carbocycles. The number of nitro benzene ring substituents is 1. The van der Waals surface area contributed by atoms with Crippen LogP contribution in [0.1, 0.15) is 16.1 Å². The maximum absolute atomic E-state index is 13.9. The van der Waals surface area contributed by atoms with Gasteiger partial charge in [-0.05, 0) is 19.1 Å². The first-order valence-electron chi connectivity index (χ1n) is 5.14. The van der Waals surface area contributed by atoms with Crippen molar-refractivity contribution in [3.05, 3.63) is 51.3 Å². The largest absolute Gasteiger partial charge is 0.453 e. The van der Waals surface area contributed by atoms with Gasteiger partial charge in [0.15, 0.2) is 12.0 Å². The molecule has 0 unspecified atom stereocenters. The zero-order valence-corrected chi connectivity index (χ0v) is 9.65. The molecular formula is C12H7F2NO4. The Morgan fingerprint density at radius 2 is 2.00 bits per heavy atom. The summed E-state index contributed by atoms with van der Waals surface area (Å²) < 4.78 is 32.4. The van der Waals surface area contributed by atoms with E-state index in [1.54, 1.807) is 0 Å². The van der Waals surface area contributed by atoms with E-state index in [2.05, 4.69) is 0 Å². The summed E-state index contributed by atoms with van der Waals surface area (Å²) in [5.41, 5.74) is -1.59. The number of rotatable bonds is 3. The predicted octanol–water partition coefficient (Wildman–Crippen LogP) is 3.25. The maximum atomic E-state index is 13.9. The zero-order chi connectivity index (χ0) is 14.2. The van der Waals surface area contributed by atoms with Crippen molar-refractivity contribution in [1.82, 2.24) is 0 Å². The Morgan fingerprint density at radius 3 is 2.53 bits per heavy atom. The molecule has 2 aromatic rings. The summed E-state index contributed by atoms with van der Waals surface area (Å²) in [6.45, 7) is 1.09. The summed E-state index contributed by atoms with van der Waals surface area (Å²) in [6.07, 6.45) is 0.409. The predicted molar refractivity (Wildman–Crippen MR) is 60.8 cm³/mol. The van der Waals surface area contributed by atoms with E-state index in [-0.39, 0.29) is 17.1 Å². The van der Waals surface area contributed by atoms with Crippen LogP contribution in [0.3, 0.4) is 0 Å². The number of halogens is 2. The van der Waals surface area contributed by atoms with E-state index in [1.807, 2.05) is 0 Å². The van der Waals surface area contributed by atoms with Gasteiger partial charge in [-0.25, -0.2) is 4.39 Å². The van der Waals surface area contributed by atoms with Gasteiger partial charge in [0.2, 0.25) is 5.82 Å². The van der Waals surface area contributed by atoms with Gasteiger partial charge in [0.25, 0.3) is 0 Å². The molecule has 0 amide bonds. The summed E-state index contributed by atoms with van der Waals surface area (Å²) in [6, 6.07) is 3.31. The van der Waals surface area contributed by atoms with Gasteiger partial charge >= 0.3 is 5.69 Å². The SMILES string of the molecule is Cc1c(F)c(-c2ccc(C=O)o2)cc([N+](=O)[O-])c1F. The van der Waals surface area contributed by atoms with Crippen LogP contribution in [0.15, 0.2) is 22.6 Å². The monoisotopic (exact) mass is 267 g/mol. The number of furan rings is 1. The van der Waals surface area contributed by atoms with Gasteiger partial charge in [0.05, 0.1) is 10.5 Å². The van der Waals surface area contributed by atoms with Crippen molar-refractivity contribution in [2.24, 2.45) is 0 Å². The number of hydrogen-bond donors (Lipinski definition) is 0. The molecule has 0 spiro atoms. The molecule has 7 heteroatoms. The Balaban J connectivity index is 2.69. The molecule has 98 valence electrons. The Labute approximate surface area is 105 Å². The lowest BCUT2D eigenvalue weighted by Gasteiger charge is -2.05. The number of aldehydes is 1. The minimum atomic E-state index is -1.23. The van der Waals surface area contributed by atoms with E-state index >= 15 is 0 Å². The van der Waals surface area contributed by atoms with Gasteiger partial charge in [0, 0.05) is 11.6 Å². The van der Waals surface area contributed by atoms with Gasteiger partial charge in [-0.15, -0.1) is 0 Å². The molecule has 1 aromatic carbocycles. The lowest BCUT2D eigenvalue weighted by atomic mass is 10.1. The fraction of sp³-hybridized carbons (Fsp3) is 0.0833. The summed E-state index contributed by atoms with van der Waals surface area (Å²) >= 11 is 0. The molecule has 1 aromatic heterocycles. The molecule has 0 bridgehead atoms. The standard InChI is InChI=1S/C12H7F2NO4/c1-6-11(13)8(4-9(12(6)14)15(17)18)10-3-2-7(5-16)19-10/h2-5H,1H3. The molecule has 0 saturated heterocycles. The molecular weight excluding hydrogens is 260 g/mol. The van der Waals surface area contributed by atoms with Crippen LogP contribution in [0.4, 0.5) is 14.5 Å². The first kappa shape index (κ1) is 12.9. The van der Waals surface area contributed by atoms with Crippen molar-refractivity contribution in [1.29, 1.82) is 0 Å². The van der Waals surface area contributed by atoms with Crippen LogP contribution in [0.2, 0.25) is 0 Å². The van der Waals surface area contributed by atoms with Crippen LogP contribution < -0.4 is 0 Å². The molecule has 0 fully saturated rings. The second-order valence-electron chi connectivity index (χ2n) is 3.77. The first-order valence-corrected chi connectivity index (χ1v) is 5.14. The van der Waals surface area contributed by atoms with Gasteiger partial charge in [-0.3, -0.25) is 14.9 Å². The fourth-order valence-corrected chi connectivity index (χ4v) is 1.63. The number of nitrogens with zero attached hydrogens (tertiary/aromatic N) is 1. The van der Waals surface area contributed by atoms with Crippen LogP contribution in [0.25, 0.3) is 11.3 Å². The van der Waals surface area contributed by atoms with Crippen LogP contribution in [0, 0.1) is 28.7 Å². The molecule has 19 heavy (non-hydrogen) atoms. The average molecular weight is 267 g/mol. The third kappa shape index (κ3) is 2.10. The number of hydrogen-bond acceptors (Lipinski definition) is 4. The van der Waals surface area contributed by atoms with Crippen molar-refractivity contribution in [2.45, 2.75) is 6.92 Å². The quantitative estimate of drug-likeness (QED) is 0.486.